The monoisotopic (exact) mass is 579 g/mol. The number of pyridine rings is 1. The Balaban J connectivity index is 1.53. The molecule has 0 aliphatic heterocycles. The molecule has 216 valence electrons. The molecule has 0 aliphatic rings. The van der Waals surface area contributed by atoms with Crippen LogP contribution in [0, 0.1) is 6.92 Å². The fourth-order valence-corrected chi connectivity index (χ4v) is 3.69. The number of hydrogen-bond donors (Lipinski definition) is 1. The Morgan fingerprint density at radius 2 is 1.76 bits per heavy atom. The molecule has 0 unspecified atom stereocenters. The molecule has 1 N–H and O–H groups in total. The van der Waals surface area contributed by atoms with Crippen LogP contribution >= 0.6 is 0 Å². The number of aromatic nitrogens is 7. The topological polar surface area (TPSA) is 150 Å². The molecular weight excluding hydrogens is 555 g/mol. The fraction of sp³-hybridized carbons (Fsp3) is 0.222. The van der Waals surface area contributed by atoms with E-state index in [1.165, 1.54) is 30.1 Å². The summed E-state index contributed by atoms with van der Waals surface area (Å²) >= 11 is 0. The summed E-state index contributed by atoms with van der Waals surface area (Å²) in [6.45, 7) is 4.72. The SMILES string of the molecule is CC(/C=N\c1c(C)c(=O)n(Cc2ccccn2)c(=O)n1C)=C(\C)C(=O)Nc1ccnc(-c2cnc(C(F)(F)F)nc2)n1. The van der Waals surface area contributed by atoms with E-state index in [4.69, 9.17) is 0 Å². The largest absolute Gasteiger partial charge is 0.451 e. The van der Waals surface area contributed by atoms with Crippen molar-refractivity contribution in [2.75, 3.05) is 5.32 Å². The maximum atomic E-state index is 12.9. The lowest BCUT2D eigenvalue weighted by molar-refractivity contribution is -0.145. The second-order valence-corrected chi connectivity index (χ2v) is 9.08. The van der Waals surface area contributed by atoms with Crippen molar-refractivity contribution in [3.8, 4) is 11.4 Å². The third-order valence-electron chi connectivity index (χ3n) is 6.16. The van der Waals surface area contributed by atoms with Gasteiger partial charge in [0.05, 0.1) is 23.4 Å². The molecule has 4 rings (SSSR count). The molecule has 12 nitrogen and oxygen atoms in total. The van der Waals surface area contributed by atoms with Gasteiger partial charge in [-0.15, -0.1) is 0 Å². The molecule has 1 amide bonds. The molecule has 0 saturated heterocycles. The van der Waals surface area contributed by atoms with Crippen LogP contribution in [0.4, 0.5) is 24.8 Å². The average molecular weight is 580 g/mol. The zero-order valence-electron chi connectivity index (χ0n) is 22.8. The van der Waals surface area contributed by atoms with E-state index in [-0.39, 0.29) is 40.7 Å². The number of anilines is 1. The maximum absolute atomic E-state index is 12.9. The van der Waals surface area contributed by atoms with Gasteiger partial charge in [0, 0.05) is 43.6 Å². The van der Waals surface area contributed by atoms with Crippen molar-refractivity contribution in [1.82, 2.24) is 34.1 Å². The molecule has 4 heterocycles. The number of nitrogens with one attached hydrogen (secondary N) is 1. The normalized spacial score (nSPS) is 12.4. The number of hydrogen-bond acceptors (Lipinski definition) is 9. The minimum absolute atomic E-state index is 0.00599. The number of amides is 1. The van der Waals surface area contributed by atoms with Gasteiger partial charge in [-0.1, -0.05) is 6.07 Å². The van der Waals surface area contributed by atoms with Crippen LogP contribution in [0.2, 0.25) is 0 Å². The van der Waals surface area contributed by atoms with Crippen LogP contribution in [-0.4, -0.2) is 46.2 Å². The van der Waals surface area contributed by atoms with Crippen LogP contribution in [0.5, 0.6) is 0 Å². The molecule has 4 aromatic rings. The van der Waals surface area contributed by atoms with Crippen molar-refractivity contribution in [2.24, 2.45) is 12.0 Å². The van der Waals surface area contributed by atoms with E-state index in [2.05, 4.69) is 35.2 Å². The third kappa shape index (κ3) is 6.51. The summed E-state index contributed by atoms with van der Waals surface area (Å²) in [5.41, 5.74) is 0.515. The standard InChI is InChI=1S/C27H24F3N9O3/c1-15(11-33-22-17(3)24(41)39(26(42)38(22)4)14-19-7-5-6-9-31-19)16(2)23(40)37-20-8-10-32-21(36-20)18-12-34-25(35-13-18)27(28,29)30/h5-13H,14H2,1-4H3,(H,32,36,37,40)/b16-15-,33-11-. The number of alkyl halides is 3. The van der Waals surface area contributed by atoms with E-state index in [1.54, 1.807) is 45.2 Å². The van der Waals surface area contributed by atoms with Crippen LogP contribution < -0.4 is 16.6 Å². The van der Waals surface area contributed by atoms with Gasteiger partial charge in [0.15, 0.2) is 5.82 Å². The van der Waals surface area contributed by atoms with Gasteiger partial charge in [-0.05, 0) is 44.5 Å². The molecule has 0 radical (unpaired) electrons. The highest BCUT2D eigenvalue weighted by atomic mass is 19.4. The van der Waals surface area contributed by atoms with Crippen LogP contribution in [0.1, 0.15) is 30.9 Å². The molecule has 0 fully saturated rings. The molecule has 0 saturated carbocycles. The summed E-state index contributed by atoms with van der Waals surface area (Å²) in [5.74, 6) is -1.61. The molecular formula is C27H24F3N9O3. The molecule has 15 heteroatoms. The summed E-state index contributed by atoms with van der Waals surface area (Å²) in [5, 5.41) is 2.59. The van der Waals surface area contributed by atoms with Gasteiger partial charge in [-0.25, -0.2) is 29.7 Å². The van der Waals surface area contributed by atoms with Gasteiger partial charge < -0.3 is 5.32 Å². The summed E-state index contributed by atoms with van der Waals surface area (Å²) in [6, 6.07) is 6.60. The molecule has 0 bridgehead atoms. The molecule has 0 aromatic carbocycles. The Morgan fingerprint density at radius 3 is 2.40 bits per heavy atom. The second-order valence-electron chi connectivity index (χ2n) is 9.08. The summed E-state index contributed by atoms with van der Waals surface area (Å²) in [4.78, 5) is 62.0. The highest BCUT2D eigenvalue weighted by Crippen LogP contribution is 2.26. The van der Waals surface area contributed by atoms with Crippen LogP contribution in [0.25, 0.3) is 11.4 Å². The first-order chi connectivity index (χ1) is 19.9. The Kier molecular flexibility index (Phi) is 8.49. The molecule has 0 atom stereocenters. The number of rotatable bonds is 7. The smallest absolute Gasteiger partial charge is 0.307 e. The first kappa shape index (κ1) is 29.6. The molecule has 0 aliphatic carbocycles. The number of nitrogens with zero attached hydrogens (tertiary/aromatic N) is 8. The summed E-state index contributed by atoms with van der Waals surface area (Å²) in [7, 11) is 1.49. The van der Waals surface area contributed by atoms with Crippen LogP contribution in [0.3, 0.4) is 0 Å². The van der Waals surface area contributed by atoms with Gasteiger partial charge in [0.25, 0.3) is 11.5 Å². The van der Waals surface area contributed by atoms with Crippen molar-refractivity contribution in [3.05, 3.63) is 98.1 Å². The lowest BCUT2D eigenvalue weighted by Crippen LogP contribution is -2.40. The molecule has 4 aromatic heterocycles. The van der Waals surface area contributed by atoms with Gasteiger partial charge in [-0.3, -0.25) is 23.7 Å². The van der Waals surface area contributed by atoms with E-state index >= 15 is 0 Å². The lowest BCUT2D eigenvalue weighted by atomic mass is 10.1. The zero-order chi connectivity index (χ0) is 30.6. The van der Waals surface area contributed by atoms with Crippen molar-refractivity contribution in [2.45, 2.75) is 33.5 Å². The minimum Gasteiger partial charge on any atom is -0.307 e. The fourth-order valence-electron chi connectivity index (χ4n) is 3.69. The number of aliphatic imine (C=N–C) groups is 1. The van der Waals surface area contributed by atoms with Crippen LogP contribution in [0.15, 0.2) is 74.8 Å². The predicted octanol–water partition coefficient (Wildman–Crippen LogP) is 3.24. The van der Waals surface area contributed by atoms with E-state index in [0.29, 0.717) is 11.3 Å². The third-order valence-corrected chi connectivity index (χ3v) is 6.16. The van der Waals surface area contributed by atoms with Crippen LogP contribution in [-0.2, 0) is 24.6 Å². The average Bonchev–Trinajstić information content (AvgIpc) is 2.98. The molecule has 0 spiro atoms. The maximum Gasteiger partial charge on any atom is 0.451 e. The number of allylic oxidation sites excluding steroid dienone is 1. The number of halogens is 3. The predicted molar refractivity (Wildman–Crippen MR) is 147 cm³/mol. The van der Waals surface area contributed by atoms with E-state index in [9.17, 15) is 27.6 Å². The van der Waals surface area contributed by atoms with Gasteiger partial charge in [0.2, 0.25) is 5.82 Å². The Labute approximate surface area is 236 Å². The minimum atomic E-state index is -4.69. The molecule has 42 heavy (non-hydrogen) atoms. The first-order valence-corrected chi connectivity index (χ1v) is 12.3. The van der Waals surface area contributed by atoms with Gasteiger partial charge >= 0.3 is 11.9 Å². The Hall–Kier alpha value is -5.34. The first-order valence-electron chi connectivity index (χ1n) is 12.3. The summed E-state index contributed by atoms with van der Waals surface area (Å²) in [6.07, 6.45) is 1.45. The highest BCUT2D eigenvalue weighted by molar-refractivity contribution is 6.06. The van der Waals surface area contributed by atoms with Crippen molar-refractivity contribution in [1.29, 1.82) is 0 Å². The zero-order valence-corrected chi connectivity index (χ0v) is 22.8. The highest BCUT2D eigenvalue weighted by Gasteiger charge is 2.34. The Morgan fingerprint density at radius 1 is 1.05 bits per heavy atom. The van der Waals surface area contributed by atoms with Gasteiger partial charge in [-0.2, -0.15) is 13.2 Å². The van der Waals surface area contributed by atoms with Gasteiger partial charge in [0.1, 0.15) is 11.6 Å². The van der Waals surface area contributed by atoms with Crippen molar-refractivity contribution in [3.63, 3.8) is 0 Å². The Bertz CT molecular complexity index is 1770. The number of carbonyl (C=O) groups is 1. The second kappa shape index (κ2) is 12.0. The van der Waals surface area contributed by atoms with Crippen molar-refractivity contribution >= 4 is 23.8 Å². The lowest BCUT2D eigenvalue weighted by Gasteiger charge is -2.12. The van der Waals surface area contributed by atoms with Crippen molar-refractivity contribution < 1.29 is 18.0 Å². The summed E-state index contributed by atoms with van der Waals surface area (Å²) < 4.78 is 40.5. The number of carbonyl (C=O) groups excluding carboxylic acids is 1. The van der Waals surface area contributed by atoms with E-state index < -0.39 is 29.2 Å². The van der Waals surface area contributed by atoms with E-state index in [0.717, 1.165) is 17.0 Å². The van der Waals surface area contributed by atoms with E-state index in [1.807, 2.05) is 0 Å². The quantitative estimate of drug-likeness (QED) is 0.259.